The minimum atomic E-state index is 0.630. The summed E-state index contributed by atoms with van der Waals surface area (Å²) in [6.45, 7) is 1.19. The van der Waals surface area contributed by atoms with Crippen LogP contribution in [0.2, 0.25) is 0 Å². The van der Waals surface area contributed by atoms with Crippen molar-refractivity contribution in [3.05, 3.63) is 35.9 Å². The number of benzene rings is 1. The van der Waals surface area contributed by atoms with Crippen LogP contribution in [-0.2, 0) is 6.54 Å². The molecule has 0 saturated heterocycles. The van der Waals surface area contributed by atoms with Gasteiger partial charge < -0.3 is 5.32 Å². The summed E-state index contributed by atoms with van der Waals surface area (Å²) in [5.74, 6) is 3.22. The van der Waals surface area contributed by atoms with Gasteiger partial charge in [0.25, 0.3) is 0 Å². The lowest BCUT2D eigenvalue weighted by molar-refractivity contribution is -0.752. The Hall–Kier alpha value is -0.820. The van der Waals surface area contributed by atoms with E-state index in [1.54, 1.807) is 19.3 Å². The fourth-order valence-electron chi connectivity index (χ4n) is 5.38. The largest absolute Gasteiger partial charge is 0.338 e. The maximum atomic E-state index is 2.70. The molecule has 96 valence electrons. The van der Waals surface area contributed by atoms with Gasteiger partial charge in [0.2, 0.25) is 0 Å². The Morgan fingerprint density at radius 3 is 2.00 bits per heavy atom. The van der Waals surface area contributed by atoms with E-state index in [1.807, 2.05) is 0 Å². The van der Waals surface area contributed by atoms with Crippen molar-refractivity contribution in [3.63, 3.8) is 0 Å². The van der Waals surface area contributed by atoms with E-state index >= 15 is 0 Å². The summed E-state index contributed by atoms with van der Waals surface area (Å²) < 4.78 is 0. The van der Waals surface area contributed by atoms with Crippen LogP contribution < -0.4 is 5.32 Å². The minimum absolute atomic E-state index is 0.630. The molecule has 5 rings (SSSR count). The lowest BCUT2D eigenvalue weighted by atomic mass is 9.53. The Labute approximate surface area is 110 Å². The Morgan fingerprint density at radius 2 is 1.44 bits per heavy atom. The maximum absolute atomic E-state index is 2.70. The molecule has 4 fully saturated rings. The third kappa shape index (κ3) is 1.89. The second kappa shape index (κ2) is 4.09. The van der Waals surface area contributed by atoms with Crippen LogP contribution in [-0.4, -0.2) is 5.54 Å². The number of hydrogen-bond acceptors (Lipinski definition) is 0. The standard InChI is InChI=1S/C17H23N/c1-2-4-13(5-3-1)12-18-17-9-14-6-15(10-17)8-16(7-14)11-17/h1-5,14-16,18H,6-12H2/p+1. The van der Waals surface area contributed by atoms with Gasteiger partial charge in [-0.05, 0) is 37.0 Å². The maximum Gasteiger partial charge on any atom is 0.102 e. The van der Waals surface area contributed by atoms with E-state index in [-0.39, 0.29) is 0 Å². The first-order valence-corrected chi connectivity index (χ1v) is 7.70. The van der Waals surface area contributed by atoms with E-state index in [0.717, 1.165) is 17.8 Å². The van der Waals surface area contributed by atoms with Gasteiger partial charge >= 0.3 is 0 Å². The second-order valence-corrected chi connectivity index (χ2v) is 7.17. The summed E-state index contributed by atoms with van der Waals surface area (Å²) in [6.07, 6.45) is 9.18. The van der Waals surface area contributed by atoms with E-state index in [9.17, 15) is 0 Å². The minimum Gasteiger partial charge on any atom is -0.338 e. The summed E-state index contributed by atoms with van der Waals surface area (Å²) in [7, 11) is 0. The highest BCUT2D eigenvalue weighted by Gasteiger charge is 2.53. The van der Waals surface area contributed by atoms with Gasteiger partial charge in [0.15, 0.2) is 0 Å². The molecule has 4 aliphatic rings. The molecule has 0 aromatic heterocycles. The monoisotopic (exact) mass is 242 g/mol. The van der Waals surface area contributed by atoms with E-state index < -0.39 is 0 Å². The zero-order valence-corrected chi connectivity index (χ0v) is 11.1. The summed E-state index contributed by atoms with van der Waals surface area (Å²) in [5, 5.41) is 2.70. The van der Waals surface area contributed by atoms with Gasteiger partial charge in [-0.1, -0.05) is 30.3 Å². The van der Waals surface area contributed by atoms with Crippen molar-refractivity contribution in [3.8, 4) is 0 Å². The smallest absolute Gasteiger partial charge is 0.102 e. The van der Waals surface area contributed by atoms with Crippen molar-refractivity contribution in [1.82, 2.24) is 0 Å². The predicted molar refractivity (Wildman–Crippen MR) is 73.0 cm³/mol. The third-order valence-corrected chi connectivity index (χ3v) is 5.70. The van der Waals surface area contributed by atoms with Crippen LogP contribution in [0.5, 0.6) is 0 Å². The number of hydrogen-bond donors (Lipinski definition) is 1. The van der Waals surface area contributed by atoms with Crippen molar-refractivity contribution in [2.75, 3.05) is 0 Å². The molecule has 1 heteroatoms. The fourth-order valence-corrected chi connectivity index (χ4v) is 5.38. The van der Waals surface area contributed by atoms with Gasteiger partial charge in [-0.2, -0.15) is 0 Å². The first-order valence-electron chi connectivity index (χ1n) is 7.70. The van der Waals surface area contributed by atoms with Crippen LogP contribution in [0.1, 0.15) is 44.1 Å². The topological polar surface area (TPSA) is 16.6 Å². The molecule has 2 N–H and O–H groups in total. The molecule has 4 aliphatic carbocycles. The summed E-state index contributed by atoms with van der Waals surface area (Å²) in [4.78, 5) is 0. The average molecular weight is 242 g/mol. The van der Waals surface area contributed by atoms with E-state index in [2.05, 4.69) is 35.6 Å². The summed E-state index contributed by atoms with van der Waals surface area (Å²) >= 11 is 0. The highest BCUT2D eigenvalue weighted by Crippen LogP contribution is 2.54. The second-order valence-electron chi connectivity index (χ2n) is 7.17. The zero-order chi connectivity index (χ0) is 12.0. The van der Waals surface area contributed by atoms with E-state index in [4.69, 9.17) is 0 Å². The molecule has 0 aliphatic heterocycles. The molecule has 0 unspecified atom stereocenters. The lowest BCUT2D eigenvalue weighted by Crippen LogP contribution is -2.97. The van der Waals surface area contributed by atoms with Gasteiger partial charge in [0.1, 0.15) is 6.54 Å². The molecule has 1 aromatic rings. The molecule has 0 spiro atoms. The first kappa shape index (κ1) is 11.0. The summed E-state index contributed by atoms with van der Waals surface area (Å²) in [6, 6.07) is 11.0. The third-order valence-electron chi connectivity index (χ3n) is 5.70. The van der Waals surface area contributed by atoms with Crippen LogP contribution >= 0.6 is 0 Å². The fraction of sp³-hybridized carbons (Fsp3) is 0.647. The van der Waals surface area contributed by atoms with Gasteiger partial charge in [0, 0.05) is 24.8 Å². The number of quaternary nitrogens is 1. The Bertz CT molecular complexity index is 387. The molecule has 0 atom stereocenters. The zero-order valence-electron chi connectivity index (χ0n) is 11.1. The predicted octanol–water partition coefficient (Wildman–Crippen LogP) is 2.72. The van der Waals surface area contributed by atoms with Crippen LogP contribution in [0, 0.1) is 17.8 Å². The van der Waals surface area contributed by atoms with Crippen LogP contribution in [0.25, 0.3) is 0 Å². The van der Waals surface area contributed by atoms with Crippen molar-refractivity contribution in [2.24, 2.45) is 17.8 Å². The Balaban J connectivity index is 1.48. The molecule has 0 radical (unpaired) electrons. The Kier molecular flexibility index (Phi) is 2.51. The highest BCUT2D eigenvalue weighted by atomic mass is 15.0. The molecular formula is C17H24N+. The molecule has 0 amide bonds. The SMILES string of the molecule is c1ccc(C[NH2+]C23CC4CC(CC(C4)C2)C3)cc1. The number of nitrogens with two attached hydrogens (primary N) is 1. The molecule has 4 bridgehead atoms. The molecule has 18 heavy (non-hydrogen) atoms. The van der Waals surface area contributed by atoms with Crippen LogP contribution in [0.3, 0.4) is 0 Å². The van der Waals surface area contributed by atoms with Gasteiger partial charge in [-0.25, -0.2) is 0 Å². The van der Waals surface area contributed by atoms with Crippen LogP contribution in [0.15, 0.2) is 30.3 Å². The number of rotatable bonds is 3. The normalized spacial score (nSPS) is 41.2. The average Bonchev–Trinajstić information content (AvgIpc) is 2.36. The quantitative estimate of drug-likeness (QED) is 0.839. The molecule has 0 heterocycles. The molecule has 1 aromatic carbocycles. The highest BCUT2D eigenvalue weighted by molar-refractivity contribution is 5.13. The molecular weight excluding hydrogens is 218 g/mol. The van der Waals surface area contributed by atoms with E-state index in [0.29, 0.717) is 5.54 Å². The van der Waals surface area contributed by atoms with Crippen molar-refractivity contribution >= 4 is 0 Å². The molecule has 1 nitrogen and oxygen atoms in total. The van der Waals surface area contributed by atoms with Crippen molar-refractivity contribution < 1.29 is 5.32 Å². The van der Waals surface area contributed by atoms with Crippen molar-refractivity contribution in [1.29, 1.82) is 0 Å². The van der Waals surface area contributed by atoms with Gasteiger partial charge in [-0.15, -0.1) is 0 Å². The van der Waals surface area contributed by atoms with Crippen LogP contribution in [0.4, 0.5) is 0 Å². The molecule has 4 saturated carbocycles. The van der Waals surface area contributed by atoms with Gasteiger partial charge in [0.05, 0.1) is 5.54 Å². The summed E-state index contributed by atoms with van der Waals surface area (Å²) in [5.41, 5.74) is 2.12. The Morgan fingerprint density at radius 1 is 0.889 bits per heavy atom. The van der Waals surface area contributed by atoms with Crippen molar-refractivity contribution in [2.45, 2.75) is 50.6 Å². The van der Waals surface area contributed by atoms with Gasteiger partial charge in [-0.3, -0.25) is 0 Å². The van der Waals surface area contributed by atoms with E-state index in [1.165, 1.54) is 31.4 Å². The lowest BCUT2D eigenvalue weighted by Gasteiger charge is -2.54. The first-order chi connectivity index (χ1) is 8.81.